The van der Waals surface area contributed by atoms with Crippen LogP contribution < -0.4 is 0 Å². The Labute approximate surface area is 165 Å². The standard InChI is InChI=1S/C14H8N2OS.C9H7N/c1-3-7-11-9(5-1)15-13(17-11)14-16-10-6-2-4-8-12(10)18-14;1-2-6-9-8(4-1)5-3-7-10-9/h1-8H;1-7H. The van der Waals surface area contributed by atoms with Gasteiger partial charge < -0.3 is 4.42 Å². The van der Waals surface area contributed by atoms with Crippen molar-refractivity contribution in [3.05, 3.63) is 91.1 Å². The van der Waals surface area contributed by atoms with Gasteiger partial charge in [-0.15, -0.1) is 11.3 Å². The molecule has 3 aromatic carbocycles. The summed E-state index contributed by atoms with van der Waals surface area (Å²) in [4.78, 5) is 13.2. The molecule has 6 aromatic rings. The number of fused-ring (bicyclic) bond motifs is 3. The van der Waals surface area contributed by atoms with Gasteiger partial charge in [0.25, 0.3) is 5.89 Å². The Morgan fingerprint density at radius 2 is 1.36 bits per heavy atom. The summed E-state index contributed by atoms with van der Waals surface area (Å²) in [5, 5.41) is 2.03. The molecule has 28 heavy (non-hydrogen) atoms. The van der Waals surface area contributed by atoms with Crippen LogP contribution in [0.3, 0.4) is 0 Å². The summed E-state index contributed by atoms with van der Waals surface area (Å²) >= 11 is 1.60. The summed E-state index contributed by atoms with van der Waals surface area (Å²) in [5.41, 5.74) is 3.71. The molecule has 0 aliphatic carbocycles. The van der Waals surface area contributed by atoms with E-state index < -0.39 is 0 Å². The van der Waals surface area contributed by atoms with E-state index in [0.717, 1.165) is 31.8 Å². The summed E-state index contributed by atoms with van der Waals surface area (Å²) in [7, 11) is 0. The Bertz CT molecular complexity index is 1180. The van der Waals surface area contributed by atoms with Crippen molar-refractivity contribution in [3.8, 4) is 10.9 Å². The molecule has 0 amide bonds. The van der Waals surface area contributed by atoms with E-state index in [0.29, 0.717) is 5.89 Å². The van der Waals surface area contributed by atoms with Crippen molar-refractivity contribution in [1.29, 1.82) is 0 Å². The predicted molar refractivity (Wildman–Crippen MR) is 114 cm³/mol. The lowest BCUT2D eigenvalue weighted by molar-refractivity contribution is 0.619. The number of aromatic nitrogens is 3. The lowest BCUT2D eigenvalue weighted by Gasteiger charge is -1.91. The van der Waals surface area contributed by atoms with Gasteiger partial charge in [0.2, 0.25) is 0 Å². The molecule has 0 bridgehead atoms. The molecular weight excluding hydrogens is 366 g/mol. The van der Waals surface area contributed by atoms with Crippen LogP contribution in [0.5, 0.6) is 0 Å². The van der Waals surface area contributed by atoms with Crippen LogP contribution >= 0.6 is 11.3 Å². The zero-order valence-corrected chi connectivity index (χ0v) is 15.6. The van der Waals surface area contributed by atoms with E-state index in [9.17, 15) is 0 Å². The molecule has 0 spiro atoms. The fraction of sp³-hybridized carbons (Fsp3) is 0. The van der Waals surface area contributed by atoms with Gasteiger partial charge in [0.1, 0.15) is 5.52 Å². The molecule has 6 rings (SSSR count). The minimum Gasteiger partial charge on any atom is -0.434 e. The van der Waals surface area contributed by atoms with Crippen LogP contribution in [0.1, 0.15) is 0 Å². The van der Waals surface area contributed by atoms with Crippen LogP contribution in [0.15, 0.2) is 95.5 Å². The maximum atomic E-state index is 5.72. The summed E-state index contributed by atoms with van der Waals surface area (Å²) in [6.45, 7) is 0. The molecule has 0 unspecified atom stereocenters. The number of benzene rings is 3. The van der Waals surface area contributed by atoms with Gasteiger partial charge in [-0.1, -0.05) is 48.5 Å². The Kier molecular flexibility index (Phi) is 4.27. The molecule has 0 radical (unpaired) electrons. The average molecular weight is 381 g/mol. The van der Waals surface area contributed by atoms with Gasteiger partial charge in [-0.05, 0) is 36.4 Å². The highest BCUT2D eigenvalue weighted by Crippen LogP contribution is 2.31. The minimum atomic E-state index is 0.595. The first-order valence-electron chi connectivity index (χ1n) is 8.88. The lowest BCUT2D eigenvalue weighted by atomic mass is 10.2. The zero-order chi connectivity index (χ0) is 18.8. The van der Waals surface area contributed by atoms with E-state index in [4.69, 9.17) is 4.42 Å². The highest BCUT2D eigenvalue weighted by molar-refractivity contribution is 7.21. The van der Waals surface area contributed by atoms with E-state index >= 15 is 0 Å². The smallest absolute Gasteiger partial charge is 0.256 e. The molecule has 5 heteroatoms. The van der Waals surface area contributed by atoms with Gasteiger partial charge in [-0.3, -0.25) is 4.98 Å². The van der Waals surface area contributed by atoms with E-state index in [1.165, 1.54) is 5.39 Å². The van der Waals surface area contributed by atoms with Crippen molar-refractivity contribution in [3.63, 3.8) is 0 Å². The Balaban J connectivity index is 0.000000145. The predicted octanol–water partition coefficient (Wildman–Crippen LogP) is 6.34. The molecule has 134 valence electrons. The van der Waals surface area contributed by atoms with Gasteiger partial charge in [-0.2, -0.15) is 0 Å². The summed E-state index contributed by atoms with van der Waals surface area (Å²) in [6, 6.07) is 27.9. The van der Waals surface area contributed by atoms with Crippen molar-refractivity contribution in [1.82, 2.24) is 15.0 Å². The summed E-state index contributed by atoms with van der Waals surface area (Å²) in [6.07, 6.45) is 1.81. The monoisotopic (exact) mass is 381 g/mol. The van der Waals surface area contributed by atoms with E-state index in [1.54, 1.807) is 11.3 Å². The number of thiazole rings is 1. The molecule has 0 saturated heterocycles. The fourth-order valence-electron chi connectivity index (χ4n) is 2.94. The average Bonchev–Trinajstić information content (AvgIpc) is 3.38. The number of para-hydroxylation sites is 4. The highest BCUT2D eigenvalue weighted by atomic mass is 32.1. The largest absolute Gasteiger partial charge is 0.434 e. The van der Waals surface area contributed by atoms with E-state index in [-0.39, 0.29) is 0 Å². The van der Waals surface area contributed by atoms with Crippen molar-refractivity contribution in [2.24, 2.45) is 0 Å². The number of rotatable bonds is 1. The molecule has 0 atom stereocenters. The summed E-state index contributed by atoms with van der Waals surface area (Å²) in [5.74, 6) is 0.595. The van der Waals surface area contributed by atoms with Gasteiger partial charge >= 0.3 is 0 Å². The molecule has 0 saturated carbocycles. The number of nitrogens with zero attached hydrogens (tertiary/aromatic N) is 3. The van der Waals surface area contributed by atoms with Crippen LogP contribution in [0.4, 0.5) is 0 Å². The highest BCUT2D eigenvalue weighted by Gasteiger charge is 2.12. The second-order valence-corrected chi connectivity index (χ2v) is 7.20. The van der Waals surface area contributed by atoms with E-state index in [1.807, 2.05) is 72.9 Å². The number of oxazole rings is 1. The SMILES string of the molecule is c1ccc2ncccc2c1.c1ccc2oc(-c3nc4ccccc4s3)nc2c1. The molecule has 0 fully saturated rings. The van der Waals surface area contributed by atoms with Crippen LogP contribution in [-0.2, 0) is 0 Å². The van der Waals surface area contributed by atoms with Gasteiger partial charge in [0, 0.05) is 11.6 Å². The molecule has 0 N–H and O–H groups in total. The van der Waals surface area contributed by atoms with E-state index in [2.05, 4.69) is 33.2 Å². The number of pyridine rings is 1. The molecule has 3 heterocycles. The normalized spacial score (nSPS) is 10.9. The number of hydrogen-bond donors (Lipinski definition) is 0. The first kappa shape index (κ1) is 16.6. The minimum absolute atomic E-state index is 0.595. The third kappa shape index (κ3) is 3.23. The van der Waals surface area contributed by atoms with Gasteiger partial charge in [-0.25, -0.2) is 9.97 Å². The Hall–Kier alpha value is -3.57. The Morgan fingerprint density at radius 1 is 0.643 bits per heavy atom. The first-order chi connectivity index (χ1) is 13.9. The third-order valence-corrected chi connectivity index (χ3v) is 5.31. The van der Waals surface area contributed by atoms with Crippen LogP contribution in [0, 0.1) is 0 Å². The number of hydrogen-bond acceptors (Lipinski definition) is 5. The topological polar surface area (TPSA) is 51.8 Å². The zero-order valence-electron chi connectivity index (χ0n) is 14.8. The first-order valence-corrected chi connectivity index (χ1v) is 9.70. The van der Waals surface area contributed by atoms with Crippen molar-refractivity contribution < 1.29 is 4.42 Å². The molecule has 0 aliphatic heterocycles. The second kappa shape index (κ2) is 7.21. The quantitative estimate of drug-likeness (QED) is 0.333. The van der Waals surface area contributed by atoms with Gasteiger partial charge in [0.05, 0.1) is 15.7 Å². The maximum absolute atomic E-state index is 5.72. The van der Waals surface area contributed by atoms with Crippen LogP contribution in [-0.4, -0.2) is 15.0 Å². The van der Waals surface area contributed by atoms with Gasteiger partial charge in [0.15, 0.2) is 10.6 Å². The summed E-state index contributed by atoms with van der Waals surface area (Å²) < 4.78 is 6.87. The second-order valence-electron chi connectivity index (χ2n) is 6.17. The third-order valence-electron chi connectivity index (χ3n) is 4.28. The molecular formula is C23H15N3OS. The lowest BCUT2D eigenvalue weighted by Crippen LogP contribution is -1.73. The fourth-order valence-corrected chi connectivity index (χ4v) is 3.84. The van der Waals surface area contributed by atoms with Crippen LogP contribution in [0.2, 0.25) is 0 Å². The Morgan fingerprint density at radius 3 is 2.18 bits per heavy atom. The maximum Gasteiger partial charge on any atom is 0.256 e. The van der Waals surface area contributed by atoms with Crippen molar-refractivity contribution in [2.45, 2.75) is 0 Å². The van der Waals surface area contributed by atoms with Crippen LogP contribution in [0.25, 0.3) is 43.1 Å². The molecule has 3 aromatic heterocycles. The van der Waals surface area contributed by atoms with Crippen molar-refractivity contribution >= 4 is 43.6 Å². The van der Waals surface area contributed by atoms with Crippen molar-refractivity contribution in [2.75, 3.05) is 0 Å². The molecule has 0 aliphatic rings. The molecule has 4 nitrogen and oxygen atoms in total.